The summed E-state index contributed by atoms with van der Waals surface area (Å²) >= 11 is 0. The molecule has 1 aliphatic heterocycles. The molecular formula is C20H31N3O2. The SMILES string of the molecule is CCCC(=O)N1CCCC1C(=O)NCc1cccc(CN(C)CC)c1. The minimum atomic E-state index is -0.298. The lowest BCUT2D eigenvalue weighted by Crippen LogP contribution is -2.45. The predicted molar refractivity (Wildman–Crippen MR) is 99.9 cm³/mol. The minimum Gasteiger partial charge on any atom is -0.350 e. The first-order chi connectivity index (χ1) is 12.0. The molecule has 0 saturated carbocycles. The van der Waals surface area contributed by atoms with Crippen molar-refractivity contribution in [1.29, 1.82) is 0 Å². The Kier molecular flexibility index (Phi) is 7.44. The van der Waals surface area contributed by atoms with Gasteiger partial charge in [-0.3, -0.25) is 9.59 Å². The summed E-state index contributed by atoms with van der Waals surface area (Å²) in [5.41, 5.74) is 2.34. The third-order valence-corrected chi connectivity index (χ3v) is 4.79. The second-order valence-corrected chi connectivity index (χ2v) is 6.86. The normalized spacial score (nSPS) is 17.1. The Hall–Kier alpha value is -1.88. The molecule has 0 spiro atoms. The van der Waals surface area contributed by atoms with Crippen LogP contribution >= 0.6 is 0 Å². The van der Waals surface area contributed by atoms with E-state index in [0.29, 0.717) is 19.5 Å². The Morgan fingerprint density at radius 2 is 2.04 bits per heavy atom. The second-order valence-electron chi connectivity index (χ2n) is 6.86. The van der Waals surface area contributed by atoms with Gasteiger partial charge in [0.05, 0.1) is 0 Å². The summed E-state index contributed by atoms with van der Waals surface area (Å²) in [5.74, 6) is 0.0720. The van der Waals surface area contributed by atoms with Gasteiger partial charge < -0.3 is 15.1 Å². The number of amides is 2. The van der Waals surface area contributed by atoms with Crippen LogP contribution in [-0.4, -0.2) is 47.8 Å². The van der Waals surface area contributed by atoms with Gasteiger partial charge >= 0.3 is 0 Å². The minimum absolute atomic E-state index is 0.0296. The maximum atomic E-state index is 12.5. The van der Waals surface area contributed by atoms with E-state index in [0.717, 1.165) is 37.9 Å². The van der Waals surface area contributed by atoms with Crippen molar-refractivity contribution in [2.24, 2.45) is 0 Å². The van der Waals surface area contributed by atoms with Gasteiger partial charge in [-0.2, -0.15) is 0 Å². The molecule has 1 heterocycles. The van der Waals surface area contributed by atoms with Gasteiger partial charge in [0.1, 0.15) is 6.04 Å². The molecule has 1 atom stereocenters. The van der Waals surface area contributed by atoms with E-state index in [1.54, 1.807) is 4.90 Å². The van der Waals surface area contributed by atoms with Crippen molar-refractivity contribution in [2.45, 2.75) is 58.7 Å². The third-order valence-electron chi connectivity index (χ3n) is 4.79. The Labute approximate surface area is 151 Å². The van der Waals surface area contributed by atoms with Gasteiger partial charge in [-0.1, -0.05) is 38.1 Å². The Morgan fingerprint density at radius 1 is 1.28 bits per heavy atom. The number of benzene rings is 1. The number of carbonyl (C=O) groups excluding carboxylic acids is 2. The Morgan fingerprint density at radius 3 is 2.76 bits per heavy atom. The maximum absolute atomic E-state index is 12.5. The zero-order valence-electron chi connectivity index (χ0n) is 15.8. The summed E-state index contributed by atoms with van der Waals surface area (Å²) in [6.07, 6.45) is 3.02. The molecule has 1 aliphatic rings. The molecule has 0 bridgehead atoms. The fourth-order valence-corrected chi connectivity index (χ4v) is 3.26. The largest absolute Gasteiger partial charge is 0.350 e. The van der Waals surface area contributed by atoms with Gasteiger partial charge in [0.15, 0.2) is 0 Å². The first-order valence-corrected chi connectivity index (χ1v) is 9.38. The van der Waals surface area contributed by atoms with E-state index in [-0.39, 0.29) is 17.9 Å². The van der Waals surface area contributed by atoms with Crippen LogP contribution in [0.15, 0.2) is 24.3 Å². The van der Waals surface area contributed by atoms with Gasteiger partial charge in [0.25, 0.3) is 0 Å². The smallest absolute Gasteiger partial charge is 0.243 e. The molecule has 1 unspecified atom stereocenters. The monoisotopic (exact) mass is 345 g/mol. The van der Waals surface area contributed by atoms with Crippen LogP contribution in [-0.2, 0) is 22.7 Å². The van der Waals surface area contributed by atoms with Crippen molar-refractivity contribution in [2.75, 3.05) is 20.1 Å². The van der Waals surface area contributed by atoms with Crippen molar-refractivity contribution in [3.63, 3.8) is 0 Å². The number of hydrogen-bond acceptors (Lipinski definition) is 3. The van der Waals surface area contributed by atoms with Crippen LogP contribution in [0.2, 0.25) is 0 Å². The molecule has 0 aliphatic carbocycles. The molecule has 2 rings (SSSR count). The highest BCUT2D eigenvalue weighted by Gasteiger charge is 2.33. The maximum Gasteiger partial charge on any atom is 0.243 e. The van der Waals surface area contributed by atoms with Crippen LogP contribution < -0.4 is 5.32 Å². The topological polar surface area (TPSA) is 52.7 Å². The van der Waals surface area contributed by atoms with Crippen LogP contribution in [0.3, 0.4) is 0 Å². The average molecular weight is 345 g/mol. The van der Waals surface area contributed by atoms with Crippen molar-refractivity contribution in [3.8, 4) is 0 Å². The number of hydrogen-bond donors (Lipinski definition) is 1. The van der Waals surface area contributed by atoms with Gasteiger partial charge in [-0.25, -0.2) is 0 Å². The highest BCUT2D eigenvalue weighted by atomic mass is 16.2. The first kappa shape index (κ1) is 19.4. The summed E-state index contributed by atoms with van der Waals surface area (Å²) in [5, 5.41) is 3.02. The number of nitrogens with zero attached hydrogens (tertiary/aromatic N) is 2. The van der Waals surface area contributed by atoms with Crippen LogP contribution in [0.4, 0.5) is 0 Å². The quantitative estimate of drug-likeness (QED) is 0.788. The van der Waals surface area contributed by atoms with E-state index in [9.17, 15) is 9.59 Å². The summed E-state index contributed by atoms with van der Waals surface area (Å²) in [7, 11) is 2.09. The third kappa shape index (κ3) is 5.56. The predicted octanol–water partition coefficient (Wildman–Crippen LogP) is 2.55. The second kappa shape index (κ2) is 9.56. The van der Waals surface area contributed by atoms with E-state index < -0.39 is 0 Å². The molecule has 0 aromatic heterocycles. The van der Waals surface area contributed by atoms with E-state index in [4.69, 9.17) is 0 Å². The molecular weight excluding hydrogens is 314 g/mol. The van der Waals surface area contributed by atoms with E-state index in [1.807, 2.05) is 19.1 Å². The molecule has 2 amide bonds. The molecule has 1 saturated heterocycles. The van der Waals surface area contributed by atoms with Gasteiger partial charge in [-0.05, 0) is 44.0 Å². The summed E-state index contributed by atoms with van der Waals surface area (Å²) in [6.45, 7) is 7.25. The number of nitrogens with one attached hydrogen (secondary N) is 1. The Balaban J connectivity index is 1.91. The van der Waals surface area contributed by atoms with Gasteiger partial charge in [0, 0.05) is 26.1 Å². The molecule has 5 nitrogen and oxygen atoms in total. The van der Waals surface area contributed by atoms with E-state index in [2.05, 4.69) is 36.3 Å². The molecule has 138 valence electrons. The number of carbonyl (C=O) groups is 2. The summed E-state index contributed by atoms with van der Waals surface area (Å²) in [4.78, 5) is 28.7. The molecule has 1 aromatic carbocycles. The van der Waals surface area contributed by atoms with E-state index in [1.165, 1.54) is 5.56 Å². The zero-order valence-corrected chi connectivity index (χ0v) is 15.8. The number of rotatable bonds is 8. The molecule has 1 aromatic rings. The van der Waals surface area contributed by atoms with Gasteiger partial charge in [-0.15, -0.1) is 0 Å². The zero-order chi connectivity index (χ0) is 18.2. The van der Waals surface area contributed by atoms with Crippen molar-refractivity contribution >= 4 is 11.8 Å². The fraction of sp³-hybridized carbons (Fsp3) is 0.600. The van der Waals surface area contributed by atoms with Crippen LogP contribution in [0.5, 0.6) is 0 Å². The average Bonchev–Trinajstić information content (AvgIpc) is 3.10. The molecule has 25 heavy (non-hydrogen) atoms. The highest BCUT2D eigenvalue weighted by Crippen LogP contribution is 2.19. The number of likely N-dealkylation sites (tertiary alicyclic amines) is 1. The van der Waals surface area contributed by atoms with E-state index >= 15 is 0 Å². The lowest BCUT2D eigenvalue weighted by atomic mass is 10.1. The lowest BCUT2D eigenvalue weighted by molar-refractivity contribution is -0.138. The standard InChI is InChI=1S/C20H31N3O2/c1-4-8-19(24)23-12-7-11-18(23)20(25)21-14-16-9-6-10-17(13-16)15-22(3)5-2/h6,9-10,13,18H,4-5,7-8,11-12,14-15H2,1-3H3,(H,21,25). The highest BCUT2D eigenvalue weighted by molar-refractivity contribution is 5.88. The van der Waals surface area contributed by atoms with Crippen molar-refractivity contribution in [3.05, 3.63) is 35.4 Å². The molecule has 5 heteroatoms. The molecule has 1 fully saturated rings. The van der Waals surface area contributed by atoms with Crippen LogP contribution in [0, 0.1) is 0 Å². The fourth-order valence-electron chi connectivity index (χ4n) is 3.26. The van der Waals surface area contributed by atoms with Crippen LogP contribution in [0.1, 0.15) is 50.7 Å². The summed E-state index contributed by atoms with van der Waals surface area (Å²) < 4.78 is 0. The van der Waals surface area contributed by atoms with Crippen molar-refractivity contribution < 1.29 is 9.59 Å². The van der Waals surface area contributed by atoms with Crippen molar-refractivity contribution in [1.82, 2.24) is 15.1 Å². The summed E-state index contributed by atoms with van der Waals surface area (Å²) in [6, 6.07) is 8.02. The Bertz CT molecular complexity index is 588. The van der Waals surface area contributed by atoms with Gasteiger partial charge in [0.2, 0.25) is 11.8 Å². The lowest BCUT2D eigenvalue weighted by Gasteiger charge is -2.24. The molecule has 0 radical (unpaired) electrons. The first-order valence-electron chi connectivity index (χ1n) is 9.38. The molecule has 1 N–H and O–H groups in total. The van der Waals surface area contributed by atoms with Crippen LogP contribution in [0.25, 0.3) is 0 Å².